The van der Waals surface area contributed by atoms with Crippen molar-refractivity contribution < 1.29 is 38.1 Å². The average Bonchev–Trinajstić information content (AvgIpc) is 1.91. The molecule has 0 aromatic rings. The fourth-order valence-corrected chi connectivity index (χ4v) is 16.7. The Hall–Kier alpha value is -2.28. The molecule has 1 aliphatic rings. The van der Waals surface area contributed by atoms with Gasteiger partial charge in [0.25, 0.3) is 0 Å². The quantitative estimate of drug-likeness (QED) is 0.0328. The van der Waals surface area contributed by atoms with Crippen LogP contribution in [0.5, 0.6) is 0 Å². The van der Waals surface area contributed by atoms with E-state index in [0.29, 0.717) is 56.7 Å². The number of unbranched alkanes of at least 4 members (excludes halogenated alkanes) is 40. The fourth-order valence-electron chi connectivity index (χ4n) is 16.7. The van der Waals surface area contributed by atoms with Crippen LogP contribution in [0.15, 0.2) is 0 Å². The second-order valence-electron chi connectivity index (χ2n) is 35.6. The minimum absolute atomic E-state index is 0.00206. The molecular formula is C98H192N4O8. The number of esters is 4. The molecule has 0 amide bonds. The molecular weight excluding hydrogens is 1360 g/mol. The van der Waals surface area contributed by atoms with Gasteiger partial charge < -0.3 is 38.5 Å². The van der Waals surface area contributed by atoms with Gasteiger partial charge in [0.2, 0.25) is 0 Å². The van der Waals surface area contributed by atoms with Gasteiger partial charge in [0.05, 0.1) is 13.2 Å². The number of ether oxygens (including phenoxy) is 4. The first-order chi connectivity index (χ1) is 53.8. The summed E-state index contributed by atoms with van der Waals surface area (Å²) < 4.78 is 24.3. The van der Waals surface area contributed by atoms with E-state index in [4.69, 9.17) is 18.9 Å². The predicted molar refractivity (Wildman–Crippen MR) is 474 cm³/mol. The van der Waals surface area contributed by atoms with Crippen LogP contribution in [0.3, 0.4) is 0 Å². The Bertz CT molecular complexity index is 1950. The monoisotopic (exact) mass is 1550 g/mol. The van der Waals surface area contributed by atoms with Gasteiger partial charge in [-0.05, 0) is 212 Å². The highest BCUT2D eigenvalue weighted by atomic mass is 16.6. The second-order valence-corrected chi connectivity index (χ2v) is 35.6. The molecule has 12 nitrogen and oxygen atoms in total. The van der Waals surface area contributed by atoms with Crippen LogP contribution in [-0.2, 0) is 38.1 Å². The zero-order chi connectivity index (χ0) is 79.9. The minimum atomic E-state index is -0.00206. The zero-order valence-electron chi connectivity index (χ0n) is 75.5. The number of likely N-dealkylation sites (tertiary alicyclic amines) is 1. The molecule has 0 aliphatic carbocycles. The molecule has 1 rings (SSSR count). The van der Waals surface area contributed by atoms with E-state index in [0.717, 1.165) is 148 Å². The third-order valence-corrected chi connectivity index (χ3v) is 24.3. The summed E-state index contributed by atoms with van der Waals surface area (Å²) in [7, 11) is 4.38. The SMILES string of the molecule is CCCCCCCCC(CCCCCC)COC(=O)CCCCCN(CCCCCC(=O)OCC(CCCCCCCC)CCCCCCC(C)CCCC(CCCCCC)OC(=O)CCCCCCCCCN(CCCCCCCCCC(=O)OC(CCCCC)CCCCCC)CCN(C)C)CCN1CCCC1. The third-order valence-electron chi connectivity index (χ3n) is 24.3. The molecule has 0 N–H and O–H groups in total. The molecule has 1 aliphatic heterocycles. The smallest absolute Gasteiger partial charge is 0.306 e. The molecule has 0 aromatic carbocycles. The first-order valence-corrected chi connectivity index (χ1v) is 49.4. The number of hydrogen-bond acceptors (Lipinski definition) is 12. The van der Waals surface area contributed by atoms with Gasteiger partial charge >= 0.3 is 23.9 Å². The van der Waals surface area contributed by atoms with Gasteiger partial charge in [-0.1, -0.05) is 318 Å². The van der Waals surface area contributed by atoms with Gasteiger partial charge in [0.15, 0.2) is 0 Å². The molecule has 1 heterocycles. The lowest BCUT2D eigenvalue weighted by atomic mass is 9.93. The lowest BCUT2D eigenvalue weighted by Gasteiger charge is -2.25. The highest BCUT2D eigenvalue weighted by Gasteiger charge is 2.20. The van der Waals surface area contributed by atoms with Crippen LogP contribution < -0.4 is 0 Å². The Morgan fingerprint density at radius 1 is 0.282 bits per heavy atom. The van der Waals surface area contributed by atoms with Crippen molar-refractivity contribution in [2.24, 2.45) is 17.8 Å². The van der Waals surface area contributed by atoms with Gasteiger partial charge in [-0.25, -0.2) is 0 Å². The van der Waals surface area contributed by atoms with E-state index in [9.17, 15) is 19.2 Å². The first kappa shape index (κ1) is 106. The van der Waals surface area contributed by atoms with Gasteiger partial charge in [-0.15, -0.1) is 0 Å². The standard InChI is InChI=1S/C98H192N4O8/c1-10-16-22-27-35-48-67-91(66-47-24-18-12-3)88-107-95(103)74-55-43-59-80-101(86-87-102-82-61-62-83-102)81-60-44-56-75-96(104)108-89-92(68-49-36-28-23-17-11-2)69-50-40-39-46-64-90(7)65-63-73-94(72-52-26-20-14-5)110-98(106)77-54-38-32-30-34-42-58-79-100(85-84-99(8)9)78-57-41-33-29-31-37-53-76-97(105)109-93(70-45-21-15-6)71-51-25-19-13-4/h90-94H,10-89H2,1-9H3. The van der Waals surface area contributed by atoms with Gasteiger partial charge in [0.1, 0.15) is 12.2 Å². The number of likely N-dealkylation sites (N-methyl/N-ethyl adjacent to an activating group) is 1. The summed E-state index contributed by atoms with van der Waals surface area (Å²) in [5.74, 6) is 1.74. The number of hydrogen-bond donors (Lipinski definition) is 0. The topological polar surface area (TPSA) is 118 Å². The van der Waals surface area contributed by atoms with Crippen LogP contribution in [0.2, 0.25) is 0 Å². The van der Waals surface area contributed by atoms with Crippen molar-refractivity contribution in [3.63, 3.8) is 0 Å². The van der Waals surface area contributed by atoms with Crippen molar-refractivity contribution >= 4 is 23.9 Å². The van der Waals surface area contributed by atoms with Crippen molar-refractivity contribution in [3.05, 3.63) is 0 Å². The molecule has 652 valence electrons. The molecule has 0 spiro atoms. The van der Waals surface area contributed by atoms with Crippen molar-refractivity contribution in [1.82, 2.24) is 19.6 Å². The highest BCUT2D eigenvalue weighted by molar-refractivity contribution is 5.70. The Morgan fingerprint density at radius 2 is 0.545 bits per heavy atom. The molecule has 0 radical (unpaired) electrons. The van der Waals surface area contributed by atoms with Crippen LogP contribution in [0.25, 0.3) is 0 Å². The van der Waals surface area contributed by atoms with Crippen LogP contribution >= 0.6 is 0 Å². The summed E-state index contributed by atoms with van der Waals surface area (Å²) in [5.41, 5.74) is 0. The van der Waals surface area contributed by atoms with Crippen molar-refractivity contribution in [1.29, 1.82) is 0 Å². The summed E-state index contributed by atoms with van der Waals surface area (Å²) in [4.78, 5) is 62.4. The zero-order valence-corrected chi connectivity index (χ0v) is 75.5. The summed E-state index contributed by atoms with van der Waals surface area (Å²) >= 11 is 0. The van der Waals surface area contributed by atoms with Crippen molar-refractivity contribution in [2.75, 3.05) is 92.8 Å². The van der Waals surface area contributed by atoms with Crippen LogP contribution in [0.4, 0.5) is 0 Å². The Morgan fingerprint density at radius 3 is 0.918 bits per heavy atom. The van der Waals surface area contributed by atoms with E-state index in [2.05, 4.69) is 82.2 Å². The van der Waals surface area contributed by atoms with Crippen molar-refractivity contribution in [2.45, 2.75) is 497 Å². The van der Waals surface area contributed by atoms with E-state index in [1.165, 1.54) is 328 Å². The summed E-state index contributed by atoms with van der Waals surface area (Å²) in [6.07, 6.45) is 79.8. The number of carbonyl (C=O) groups excluding carboxylic acids is 4. The number of rotatable bonds is 88. The number of carbonyl (C=O) groups is 4. The normalized spacial score (nSPS) is 14.1. The lowest BCUT2D eigenvalue weighted by molar-refractivity contribution is -0.151. The number of nitrogens with zero attached hydrogens (tertiary/aromatic N) is 4. The van der Waals surface area contributed by atoms with Crippen LogP contribution in [0, 0.1) is 17.8 Å². The molecule has 0 aromatic heterocycles. The lowest BCUT2D eigenvalue weighted by Crippen LogP contribution is -2.35. The van der Waals surface area contributed by atoms with E-state index in [1.54, 1.807) is 0 Å². The molecule has 0 saturated carbocycles. The Kier molecular flexibility index (Phi) is 78.7. The molecule has 1 saturated heterocycles. The van der Waals surface area contributed by atoms with Crippen LogP contribution in [-0.4, -0.2) is 148 Å². The molecule has 5 atom stereocenters. The first-order valence-electron chi connectivity index (χ1n) is 49.4. The van der Waals surface area contributed by atoms with Crippen molar-refractivity contribution in [3.8, 4) is 0 Å². The van der Waals surface area contributed by atoms with E-state index >= 15 is 0 Å². The average molecular weight is 1550 g/mol. The van der Waals surface area contributed by atoms with E-state index < -0.39 is 0 Å². The van der Waals surface area contributed by atoms with Gasteiger partial charge in [-0.2, -0.15) is 0 Å². The fraction of sp³-hybridized carbons (Fsp3) is 0.959. The van der Waals surface area contributed by atoms with Crippen LogP contribution in [0.1, 0.15) is 485 Å². The molecule has 1 fully saturated rings. The third kappa shape index (κ3) is 72.2. The maximum Gasteiger partial charge on any atom is 0.306 e. The molecule has 5 unspecified atom stereocenters. The summed E-state index contributed by atoms with van der Waals surface area (Å²) in [6, 6.07) is 0. The molecule has 12 heteroatoms. The molecule has 0 bridgehead atoms. The van der Waals surface area contributed by atoms with Gasteiger partial charge in [-0.3, -0.25) is 19.2 Å². The van der Waals surface area contributed by atoms with E-state index in [1.807, 2.05) is 0 Å². The second kappa shape index (κ2) is 81.8. The van der Waals surface area contributed by atoms with E-state index in [-0.39, 0.29) is 36.1 Å². The maximum atomic E-state index is 13.2. The highest BCUT2D eigenvalue weighted by Crippen LogP contribution is 2.26. The predicted octanol–water partition coefficient (Wildman–Crippen LogP) is 27.9. The summed E-state index contributed by atoms with van der Waals surface area (Å²) in [6.45, 7) is 28.8. The largest absolute Gasteiger partial charge is 0.465 e. The minimum Gasteiger partial charge on any atom is -0.465 e. The molecule has 110 heavy (non-hydrogen) atoms. The summed E-state index contributed by atoms with van der Waals surface area (Å²) in [5, 5.41) is 0. The Balaban J connectivity index is 2.42. The van der Waals surface area contributed by atoms with Gasteiger partial charge in [0, 0.05) is 51.9 Å². The Labute approximate surface area is 685 Å². The maximum absolute atomic E-state index is 13.2.